The van der Waals surface area contributed by atoms with Crippen molar-refractivity contribution in [1.29, 1.82) is 0 Å². The van der Waals surface area contributed by atoms with Gasteiger partial charge >= 0.3 is 0 Å². The zero-order valence-electron chi connectivity index (χ0n) is 15.0. The molecule has 2 saturated heterocycles. The topological polar surface area (TPSA) is 36.4 Å². The number of likely N-dealkylation sites (tertiary alicyclic amines) is 2. The van der Waals surface area contributed by atoms with E-state index in [-0.39, 0.29) is 0 Å². The predicted octanol–water partition coefficient (Wildman–Crippen LogP) is 3.07. The van der Waals surface area contributed by atoms with Gasteiger partial charge in [-0.15, -0.1) is 0 Å². The van der Waals surface area contributed by atoms with Crippen LogP contribution in [0.5, 0.6) is 0 Å². The molecule has 0 bridgehead atoms. The number of carbonyl (C=O) groups is 1. The quantitative estimate of drug-likeness (QED) is 0.861. The molecule has 2 atom stereocenters. The normalized spacial score (nSPS) is 23.3. The van der Waals surface area contributed by atoms with Crippen molar-refractivity contribution in [3.05, 3.63) is 65.0 Å². The fourth-order valence-electron chi connectivity index (χ4n) is 4.21. The molecule has 1 aromatic heterocycles. The van der Waals surface area contributed by atoms with Crippen LogP contribution in [0.25, 0.3) is 0 Å². The standard InChI is InChI=1S/C21H25N3O/c1-15-6-7-17(11-16(15)2)13-24-19-8-10-23(20(19)12-21(24)25)14-18-5-3-4-9-22-18/h3-7,9,11,19-20H,8,10,12-14H2,1-2H3/t19-,20-/m0/s1. The third-order valence-electron chi connectivity index (χ3n) is 5.75. The van der Waals surface area contributed by atoms with Gasteiger partial charge in [-0.25, -0.2) is 0 Å². The van der Waals surface area contributed by atoms with Crippen LogP contribution in [0.2, 0.25) is 0 Å². The number of pyridine rings is 1. The van der Waals surface area contributed by atoms with Gasteiger partial charge in [0.15, 0.2) is 0 Å². The van der Waals surface area contributed by atoms with E-state index >= 15 is 0 Å². The molecular weight excluding hydrogens is 310 g/mol. The number of carbonyl (C=O) groups excluding carboxylic acids is 1. The van der Waals surface area contributed by atoms with Gasteiger partial charge in [-0.2, -0.15) is 0 Å². The van der Waals surface area contributed by atoms with E-state index in [1.165, 1.54) is 16.7 Å². The summed E-state index contributed by atoms with van der Waals surface area (Å²) in [6, 6.07) is 13.3. The first kappa shape index (κ1) is 16.3. The van der Waals surface area contributed by atoms with E-state index in [0.717, 1.165) is 31.7 Å². The molecule has 1 amide bonds. The Kier molecular flexibility index (Phi) is 4.30. The highest BCUT2D eigenvalue weighted by atomic mass is 16.2. The third kappa shape index (κ3) is 3.19. The molecule has 25 heavy (non-hydrogen) atoms. The summed E-state index contributed by atoms with van der Waals surface area (Å²) >= 11 is 0. The summed E-state index contributed by atoms with van der Waals surface area (Å²) in [5.74, 6) is 0.291. The molecule has 2 fully saturated rings. The second-order valence-corrected chi connectivity index (χ2v) is 7.36. The largest absolute Gasteiger partial charge is 0.334 e. The van der Waals surface area contributed by atoms with Crippen molar-refractivity contribution in [3.63, 3.8) is 0 Å². The van der Waals surface area contributed by atoms with Crippen LogP contribution in [-0.2, 0) is 17.9 Å². The summed E-state index contributed by atoms with van der Waals surface area (Å²) < 4.78 is 0. The Morgan fingerprint density at radius 3 is 2.72 bits per heavy atom. The number of amides is 1. The van der Waals surface area contributed by atoms with Gasteiger partial charge in [0.2, 0.25) is 5.91 Å². The van der Waals surface area contributed by atoms with Crippen LogP contribution < -0.4 is 0 Å². The molecule has 4 heteroatoms. The van der Waals surface area contributed by atoms with Crippen molar-refractivity contribution in [2.45, 2.75) is 51.9 Å². The van der Waals surface area contributed by atoms with Crippen LogP contribution in [0, 0.1) is 13.8 Å². The van der Waals surface area contributed by atoms with E-state index in [4.69, 9.17) is 0 Å². The molecule has 0 aliphatic carbocycles. The van der Waals surface area contributed by atoms with E-state index in [0.29, 0.717) is 24.4 Å². The number of hydrogen-bond acceptors (Lipinski definition) is 3. The number of fused-ring (bicyclic) bond motifs is 1. The summed E-state index contributed by atoms with van der Waals surface area (Å²) in [7, 11) is 0. The lowest BCUT2D eigenvalue weighted by Gasteiger charge is -2.25. The van der Waals surface area contributed by atoms with Crippen molar-refractivity contribution in [2.24, 2.45) is 0 Å². The van der Waals surface area contributed by atoms with Crippen LogP contribution in [0.1, 0.15) is 35.2 Å². The Morgan fingerprint density at radius 1 is 1.08 bits per heavy atom. The molecule has 2 aliphatic rings. The highest BCUT2D eigenvalue weighted by molar-refractivity contribution is 5.80. The highest BCUT2D eigenvalue weighted by Crippen LogP contribution is 2.34. The molecule has 130 valence electrons. The lowest BCUT2D eigenvalue weighted by molar-refractivity contribution is -0.129. The van der Waals surface area contributed by atoms with Gasteiger partial charge in [0.25, 0.3) is 0 Å². The molecule has 0 unspecified atom stereocenters. The summed E-state index contributed by atoms with van der Waals surface area (Å²) in [5, 5.41) is 0. The lowest BCUT2D eigenvalue weighted by Crippen LogP contribution is -2.36. The Morgan fingerprint density at radius 2 is 1.96 bits per heavy atom. The summed E-state index contributed by atoms with van der Waals surface area (Å²) in [6.45, 7) is 6.88. The van der Waals surface area contributed by atoms with Gasteiger partial charge in [0.05, 0.1) is 5.69 Å². The molecule has 4 nitrogen and oxygen atoms in total. The maximum atomic E-state index is 12.6. The lowest BCUT2D eigenvalue weighted by atomic mass is 10.1. The number of hydrogen-bond donors (Lipinski definition) is 0. The monoisotopic (exact) mass is 335 g/mol. The summed E-state index contributed by atoms with van der Waals surface area (Å²) in [6.07, 6.45) is 3.55. The highest BCUT2D eigenvalue weighted by Gasteiger charge is 2.46. The van der Waals surface area contributed by atoms with E-state index in [1.807, 2.05) is 18.3 Å². The van der Waals surface area contributed by atoms with Crippen LogP contribution >= 0.6 is 0 Å². The number of nitrogens with zero attached hydrogens (tertiary/aromatic N) is 3. The Balaban J connectivity index is 1.47. The van der Waals surface area contributed by atoms with E-state index in [9.17, 15) is 4.79 Å². The molecule has 0 spiro atoms. The summed E-state index contributed by atoms with van der Waals surface area (Å²) in [4.78, 5) is 21.6. The molecule has 2 aromatic rings. The molecule has 2 aliphatic heterocycles. The smallest absolute Gasteiger partial charge is 0.224 e. The van der Waals surface area contributed by atoms with Gasteiger partial charge in [-0.3, -0.25) is 14.7 Å². The van der Waals surface area contributed by atoms with Crippen molar-refractivity contribution in [1.82, 2.24) is 14.8 Å². The van der Waals surface area contributed by atoms with Crippen LogP contribution in [0.4, 0.5) is 0 Å². The van der Waals surface area contributed by atoms with Crippen LogP contribution in [0.15, 0.2) is 42.6 Å². The van der Waals surface area contributed by atoms with E-state index < -0.39 is 0 Å². The van der Waals surface area contributed by atoms with Crippen LogP contribution in [-0.4, -0.2) is 39.3 Å². The minimum atomic E-state index is 0.291. The Bertz CT molecular complexity index is 774. The third-order valence-corrected chi connectivity index (χ3v) is 5.75. The van der Waals surface area contributed by atoms with Crippen molar-refractivity contribution >= 4 is 5.91 Å². The van der Waals surface area contributed by atoms with Crippen molar-refractivity contribution < 1.29 is 4.79 Å². The molecule has 1 aromatic carbocycles. The van der Waals surface area contributed by atoms with Gasteiger partial charge in [0, 0.05) is 44.3 Å². The maximum Gasteiger partial charge on any atom is 0.224 e. The molecular formula is C21H25N3O. The van der Waals surface area contributed by atoms with Gasteiger partial charge in [0.1, 0.15) is 0 Å². The minimum Gasteiger partial charge on any atom is -0.334 e. The van der Waals surface area contributed by atoms with Gasteiger partial charge in [-0.05, 0) is 49.1 Å². The van der Waals surface area contributed by atoms with E-state index in [1.54, 1.807) is 0 Å². The Labute approximate surface area is 149 Å². The SMILES string of the molecule is Cc1ccc(CN2C(=O)C[C@H]3[C@@H]2CCN3Cc2ccccn2)cc1C. The first-order valence-electron chi connectivity index (χ1n) is 9.11. The zero-order valence-corrected chi connectivity index (χ0v) is 15.0. The fraction of sp³-hybridized carbons (Fsp3) is 0.429. The van der Waals surface area contributed by atoms with Crippen molar-refractivity contribution in [3.8, 4) is 0 Å². The molecule has 0 N–H and O–H groups in total. The van der Waals surface area contributed by atoms with Gasteiger partial charge < -0.3 is 4.90 Å². The second kappa shape index (κ2) is 6.60. The first-order valence-corrected chi connectivity index (χ1v) is 9.11. The average Bonchev–Trinajstić information content (AvgIpc) is 3.12. The zero-order chi connectivity index (χ0) is 17.4. The molecule has 4 rings (SSSR count). The molecule has 3 heterocycles. The van der Waals surface area contributed by atoms with Crippen LogP contribution in [0.3, 0.4) is 0 Å². The van der Waals surface area contributed by atoms with E-state index in [2.05, 4.69) is 52.9 Å². The number of aromatic nitrogens is 1. The molecule has 0 saturated carbocycles. The number of rotatable bonds is 4. The number of aryl methyl sites for hydroxylation is 2. The predicted molar refractivity (Wildman–Crippen MR) is 97.9 cm³/mol. The average molecular weight is 335 g/mol. The fourth-order valence-corrected chi connectivity index (χ4v) is 4.21. The molecule has 0 radical (unpaired) electrons. The maximum absolute atomic E-state index is 12.6. The first-order chi connectivity index (χ1) is 12.1. The second-order valence-electron chi connectivity index (χ2n) is 7.36. The summed E-state index contributed by atoms with van der Waals surface area (Å²) in [5.41, 5.74) is 4.92. The van der Waals surface area contributed by atoms with Crippen molar-refractivity contribution in [2.75, 3.05) is 6.54 Å². The minimum absolute atomic E-state index is 0.291. The Hall–Kier alpha value is -2.20. The van der Waals surface area contributed by atoms with Gasteiger partial charge in [-0.1, -0.05) is 24.3 Å². The number of benzene rings is 1.